The fraction of sp³-hybridized carbons (Fsp3) is 0.400. The molecule has 4 heteroatoms. The van der Waals surface area contributed by atoms with Gasteiger partial charge in [-0.25, -0.2) is 4.39 Å². The zero-order chi connectivity index (χ0) is 9.97. The molecule has 1 saturated heterocycles. The standard InChI is InChI=1S/C10H10BrFO2/c11-10-3-8(12)2-1-7(10)4-13-5-9-6-14-9/h1-3,9H,4-6H2. The summed E-state index contributed by atoms with van der Waals surface area (Å²) < 4.78 is 23.8. The van der Waals surface area contributed by atoms with Crippen LogP contribution in [-0.4, -0.2) is 19.3 Å². The molecule has 0 bridgehead atoms. The van der Waals surface area contributed by atoms with Crippen LogP contribution in [0.1, 0.15) is 5.56 Å². The Kier molecular flexibility index (Phi) is 3.15. The summed E-state index contributed by atoms with van der Waals surface area (Å²) in [5.41, 5.74) is 0.951. The zero-order valence-corrected chi connectivity index (χ0v) is 9.09. The van der Waals surface area contributed by atoms with E-state index in [2.05, 4.69) is 15.9 Å². The summed E-state index contributed by atoms with van der Waals surface area (Å²) in [5, 5.41) is 0. The molecule has 1 atom stereocenters. The molecule has 1 aliphatic rings. The van der Waals surface area contributed by atoms with E-state index in [9.17, 15) is 4.39 Å². The van der Waals surface area contributed by atoms with Crippen molar-refractivity contribution in [3.63, 3.8) is 0 Å². The Morgan fingerprint density at radius 2 is 2.36 bits per heavy atom. The van der Waals surface area contributed by atoms with Gasteiger partial charge in [0.15, 0.2) is 0 Å². The minimum absolute atomic E-state index is 0.244. The van der Waals surface area contributed by atoms with Crippen molar-refractivity contribution in [1.82, 2.24) is 0 Å². The van der Waals surface area contributed by atoms with Gasteiger partial charge in [-0.05, 0) is 17.7 Å². The number of rotatable bonds is 4. The van der Waals surface area contributed by atoms with Crippen molar-refractivity contribution in [1.29, 1.82) is 0 Å². The molecule has 0 amide bonds. The van der Waals surface area contributed by atoms with Crippen LogP contribution in [0.15, 0.2) is 22.7 Å². The van der Waals surface area contributed by atoms with Gasteiger partial charge in [0.1, 0.15) is 11.9 Å². The molecule has 2 rings (SSSR count). The molecule has 1 heterocycles. The van der Waals surface area contributed by atoms with E-state index in [0.29, 0.717) is 13.2 Å². The van der Waals surface area contributed by atoms with Gasteiger partial charge in [-0.15, -0.1) is 0 Å². The van der Waals surface area contributed by atoms with Crippen molar-refractivity contribution >= 4 is 15.9 Å². The third-order valence-electron chi connectivity index (χ3n) is 1.98. The Morgan fingerprint density at radius 1 is 1.57 bits per heavy atom. The monoisotopic (exact) mass is 260 g/mol. The van der Waals surface area contributed by atoms with E-state index in [1.807, 2.05) is 0 Å². The van der Waals surface area contributed by atoms with Gasteiger partial charge in [-0.2, -0.15) is 0 Å². The van der Waals surface area contributed by atoms with Gasteiger partial charge in [-0.3, -0.25) is 0 Å². The summed E-state index contributed by atoms with van der Waals surface area (Å²) >= 11 is 3.28. The smallest absolute Gasteiger partial charge is 0.124 e. The average molecular weight is 261 g/mol. The van der Waals surface area contributed by atoms with Crippen molar-refractivity contribution in [3.05, 3.63) is 34.1 Å². The third-order valence-corrected chi connectivity index (χ3v) is 2.72. The predicted octanol–water partition coefficient (Wildman–Crippen LogP) is 2.50. The zero-order valence-electron chi connectivity index (χ0n) is 7.50. The molecule has 0 N–H and O–H groups in total. The Bertz CT molecular complexity index is 326. The van der Waals surface area contributed by atoms with Crippen LogP contribution in [0.3, 0.4) is 0 Å². The van der Waals surface area contributed by atoms with E-state index in [4.69, 9.17) is 9.47 Å². The van der Waals surface area contributed by atoms with Crippen LogP contribution in [0, 0.1) is 5.82 Å². The Hall–Kier alpha value is -0.450. The van der Waals surface area contributed by atoms with Gasteiger partial charge >= 0.3 is 0 Å². The van der Waals surface area contributed by atoms with Crippen molar-refractivity contribution < 1.29 is 13.9 Å². The number of hydrogen-bond acceptors (Lipinski definition) is 2. The normalized spacial score (nSPS) is 19.7. The molecule has 2 nitrogen and oxygen atoms in total. The summed E-state index contributed by atoms with van der Waals surface area (Å²) in [4.78, 5) is 0. The van der Waals surface area contributed by atoms with E-state index >= 15 is 0 Å². The number of halogens is 2. The van der Waals surface area contributed by atoms with E-state index in [1.165, 1.54) is 12.1 Å². The molecule has 0 radical (unpaired) electrons. The lowest BCUT2D eigenvalue weighted by atomic mass is 10.2. The van der Waals surface area contributed by atoms with E-state index in [0.717, 1.165) is 16.6 Å². The lowest BCUT2D eigenvalue weighted by Crippen LogP contribution is -2.01. The maximum atomic E-state index is 12.7. The summed E-state index contributed by atoms with van der Waals surface area (Å²) in [7, 11) is 0. The Labute approximate surface area is 90.1 Å². The molecule has 0 aliphatic carbocycles. The molecular weight excluding hydrogens is 251 g/mol. The summed E-state index contributed by atoms with van der Waals surface area (Å²) in [6.07, 6.45) is 0.272. The molecule has 1 aromatic carbocycles. The molecule has 14 heavy (non-hydrogen) atoms. The maximum absolute atomic E-state index is 12.7. The van der Waals surface area contributed by atoms with Gasteiger partial charge in [0.05, 0.1) is 19.8 Å². The molecular formula is C10H10BrFO2. The molecule has 1 aliphatic heterocycles. The second-order valence-electron chi connectivity index (χ2n) is 3.21. The summed E-state index contributed by atoms with van der Waals surface area (Å²) in [6, 6.07) is 4.58. The SMILES string of the molecule is Fc1ccc(COCC2CO2)c(Br)c1. The van der Waals surface area contributed by atoms with E-state index in [-0.39, 0.29) is 11.9 Å². The van der Waals surface area contributed by atoms with Crippen molar-refractivity contribution in [3.8, 4) is 0 Å². The van der Waals surface area contributed by atoms with Gasteiger partial charge in [0, 0.05) is 4.47 Å². The highest BCUT2D eigenvalue weighted by molar-refractivity contribution is 9.10. The van der Waals surface area contributed by atoms with Crippen LogP contribution in [0.2, 0.25) is 0 Å². The van der Waals surface area contributed by atoms with E-state index in [1.54, 1.807) is 6.07 Å². The third kappa shape index (κ3) is 2.77. The fourth-order valence-electron chi connectivity index (χ4n) is 1.10. The van der Waals surface area contributed by atoms with Gasteiger partial charge in [0.2, 0.25) is 0 Å². The van der Waals surface area contributed by atoms with Crippen LogP contribution in [0.25, 0.3) is 0 Å². The van der Waals surface area contributed by atoms with Crippen molar-refractivity contribution in [2.45, 2.75) is 12.7 Å². The van der Waals surface area contributed by atoms with E-state index < -0.39 is 0 Å². The first-order valence-corrected chi connectivity index (χ1v) is 5.18. The maximum Gasteiger partial charge on any atom is 0.124 e. The average Bonchev–Trinajstić information content (AvgIpc) is 2.92. The molecule has 0 aromatic heterocycles. The molecule has 0 saturated carbocycles. The Morgan fingerprint density at radius 3 is 3.00 bits per heavy atom. The number of epoxide rings is 1. The first-order chi connectivity index (χ1) is 6.75. The van der Waals surface area contributed by atoms with Gasteiger partial charge in [-0.1, -0.05) is 22.0 Å². The molecule has 0 spiro atoms. The minimum atomic E-state index is -0.244. The van der Waals surface area contributed by atoms with Crippen LogP contribution in [0.5, 0.6) is 0 Å². The predicted molar refractivity (Wildman–Crippen MR) is 53.5 cm³/mol. The van der Waals surface area contributed by atoms with Crippen molar-refractivity contribution in [2.75, 3.05) is 13.2 Å². The highest BCUT2D eigenvalue weighted by atomic mass is 79.9. The number of benzene rings is 1. The summed E-state index contributed by atoms with van der Waals surface area (Å²) in [5.74, 6) is -0.244. The van der Waals surface area contributed by atoms with Crippen LogP contribution < -0.4 is 0 Å². The van der Waals surface area contributed by atoms with Crippen LogP contribution in [0.4, 0.5) is 4.39 Å². The first-order valence-electron chi connectivity index (χ1n) is 4.39. The molecule has 1 unspecified atom stereocenters. The highest BCUT2D eigenvalue weighted by Crippen LogP contribution is 2.19. The first kappa shape index (κ1) is 10.1. The topological polar surface area (TPSA) is 21.8 Å². The number of hydrogen-bond donors (Lipinski definition) is 0. The van der Waals surface area contributed by atoms with Gasteiger partial charge < -0.3 is 9.47 Å². The Balaban J connectivity index is 1.87. The van der Waals surface area contributed by atoms with Gasteiger partial charge in [0.25, 0.3) is 0 Å². The van der Waals surface area contributed by atoms with Crippen molar-refractivity contribution in [2.24, 2.45) is 0 Å². The lowest BCUT2D eigenvalue weighted by Gasteiger charge is -2.04. The second-order valence-corrected chi connectivity index (χ2v) is 4.06. The lowest BCUT2D eigenvalue weighted by molar-refractivity contribution is 0.104. The second kappa shape index (κ2) is 4.38. The summed E-state index contributed by atoms with van der Waals surface area (Å²) in [6.45, 7) is 1.90. The minimum Gasteiger partial charge on any atom is -0.374 e. The largest absolute Gasteiger partial charge is 0.374 e. The molecule has 1 aromatic rings. The highest BCUT2D eigenvalue weighted by Gasteiger charge is 2.22. The number of ether oxygens (including phenoxy) is 2. The quantitative estimate of drug-likeness (QED) is 0.777. The molecule has 1 fully saturated rings. The van der Waals surface area contributed by atoms with Crippen LogP contribution in [-0.2, 0) is 16.1 Å². The fourth-order valence-corrected chi connectivity index (χ4v) is 1.57. The van der Waals surface area contributed by atoms with Crippen LogP contribution >= 0.6 is 15.9 Å². The molecule has 76 valence electrons.